The number of fused-ring (bicyclic) bond motifs is 2. The van der Waals surface area contributed by atoms with Crippen molar-refractivity contribution in [2.75, 3.05) is 25.0 Å². The van der Waals surface area contributed by atoms with Crippen molar-refractivity contribution in [2.24, 2.45) is 0 Å². The molecule has 3 N–H and O–H groups in total. The first kappa shape index (κ1) is 17.4. The number of halogens is 1. The van der Waals surface area contributed by atoms with E-state index >= 15 is 0 Å². The molecule has 25 heavy (non-hydrogen) atoms. The molecular formula is C17H20ClN5O2. The number of carbonyl (C=O) groups is 2. The number of carbonyl (C=O) groups excluding carboxylic acids is 2. The van der Waals surface area contributed by atoms with Gasteiger partial charge < -0.3 is 20.5 Å². The third-order valence-electron chi connectivity index (χ3n) is 4.44. The summed E-state index contributed by atoms with van der Waals surface area (Å²) >= 11 is 0. The van der Waals surface area contributed by atoms with E-state index in [-0.39, 0.29) is 24.2 Å². The van der Waals surface area contributed by atoms with Gasteiger partial charge in [-0.3, -0.25) is 9.59 Å². The summed E-state index contributed by atoms with van der Waals surface area (Å²) < 4.78 is 2.02. The highest BCUT2D eigenvalue weighted by Crippen LogP contribution is 2.19. The molecule has 8 heteroatoms. The summed E-state index contributed by atoms with van der Waals surface area (Å²) in [7, 11) is 0. The van der Waals surface area contributed by atoms with E-state index in [1.807, 2.05) is 16.7 Å². The topological polar surface area (TPSA) is 88.1 Å². The summed E-state index contributed by atoms with van der Waals surface area (Å²) in [4.78, 5) is 28.8. The van der Waals surface area contributed by atoms with Gasteiger partial charge in [-0.15, -0.1) is 12.4 Å². The van der Waals surface area contributed by atoms with E-state index in [1.165, 1.54) is 0 Å². The van der Waals surface area contributed by atoms with Gasteiger partial charge in [0.25, 0.3) is 11.8 Å². The first-order valence-electron chi connectivity index (χ1n) is 8.20. The summed E-state index contributed by atoms with van der Waals surface area (Å²) in [5.41, 5.74) is 2.67. The monoisotopic (exact) mass is 361 g/mol. The van der Waals surface area contributed by atoms with Crippen LogP contribution in [0.3, 0.4) is 0 Å². The smallest absolute Gasteiger partial charge is 0.275 e. The van der Waals surface area contributed by atoms with Crippen molar-refractivity contribution in [3.8, 4) is 0 Å². The van der Waals surface area contributed by atoms with Crippen molar-refractivity contribution in [3.05, 3.63) is 47.0 Å². The van der Waals surface area contributed by atoms with Crippen LogP contribution in [0.25, 0.3) is 0 Å². The number of amides is 2. The maximum Gasteiger partial charge on any atom is 0.275 e. The molecule has 7 nitrogen and oxygen atoms in total. The lowest BCUT2D eigenvalue weighted by Crippen LogP contribution is -2.31. The third-order valence-corrected chi connectivity index (χ3v) is 4.44. The van der Waals surface area contributed by atoms with Gasteiger partial charge in [-0.05, 0) is 24.1 Å². The molecule has 2 amide bonds. The number of aromatic nitrogens is 2. The Balaban J connectivity index is 0.00000182. The standard InChI is InChI=1S/C17H19N5O2.ClH/c23-16-13-9-12(2-1-11(13)3-6-19-16)20-17(24)14-10-22-8-7-18-5-4-15(22)21-14;/h1-2,9-10,18H,3-8H2,(H,19,23)(H,20,24);1H. The van der Waals surface area contributed by atoms with Crippen LogP contribution in [-0.2, 0) is 19.4 Å². The zero-order valence-electron chi connectivity index (χ0n) is 13.7. The first-order valence-corrected chi connectivity index (χ1v) is 8.20. The average molecular weight is 362 g/mol. The van der Waals surface area contributed by atoms with Gasteiger partial charge in [0.2, 0.25) is 0 Å². The lowest BCUT2D eigenvalue weighted by Gasteiger charge is -2.17. The molecule has 2 aliphatic heterocycles. The highest BCUT2D eigenvalue weighted by molar-refractivity contribution is 6.04. The summed E-state index contributed by atoms with van der Waals surface area (Å²) in [6.07, 6.45) is 3.42. The molecule has 1 aromatic carbocycles. The molecule has 4 rings (SSSR count). The minimum absolute atomic E-state index is 0. The fraction of sp³-hybridized carbons (Fsp3) is 0.353. The van der Waals surface area contributed by atoms with Crippen LogP contribution in [0, 0.1) is 0 Å². The van der Waals surface area contributed by atoms with Gasteiger partial charge in [-0.25, -0.2) is 4.98 Å². The molecule has 2 aromatic rings. The second-order valence-corrected chi connectivity index (χ2v) is 6.07. The van der Waals surface area contributed by atoms with Gasteiger partial charge in [0.05, 0.1) is 0 Å². The molecule has 0 fully saturated rings. The van der Waals surface area contributed by atoms with Crippen LogP contribution in [0.4, 0.5) is 5.69 Å². The molecule has 132 valence electrons. The Morgan fingerprint density at radius 1 is 1.20 bits per heavy atom. The molecule has 0 spiro atoms. The van der Waals surface area contributed by atoms with Crippen LogP contribution < -0.4 is 16.0 Å². The maximum absolute atomic E-state index is 12.5. The number of nitrogens with one attached hydrogen (secondary N) is 3. The van der Waals surface area contributed by atoms with Crippen molar-refractivity contribution in [2.45, 2.75) is 19.4 Å². The highest BCUT2D eigenvalue weighted by Gasteiger charge is 2.19. The van der Waals surface area contributed by atoms with Gasteiger partial charge in [-0.2, -0.15) is 0 Å². The molecule has 0 aliphatic carbocycles. The van der Waals surface area contributed by atoms with Crippen molar-refractivity contribution < 1.29 is 9.59 Å². The summed E-state index contributed by atoms with van der Waals surface area (Å²) in [6.45, 7) is 3.23. The Morgan fingerprint density at radius 2 is 2.08 bits per heavy atom. The Hall–Kier alpha value is -2.38. The van der Waals surface area contributed by atoms with Crippen molar-refractivity contribution >= 4 is 29.9 Å². The third kappa shape index (κ3) is 3.52. The van der Waals surface area contributed by atoms with E-state index in [2.05, 4.69) is 20.9 Å². The van der Waals surface area contributed by atoms with Gasteiger partial charge >= 0.3 is 0 Å². The number of hydrogen-bond acceptors (Lipinski definition) is 4. The molecule has 1 aromatic heterocycles. The lowest BCUT2D eigenvalue weighted by molar-refractivity contribution is 0.0944. The molecule has 2 aliphatic rings. The predicted molar refractivity (Wildman–Crippen MR) is 96.5 cm³/mol. The van der Waals surface area contributed by atoms with Crippen molar-refractivity contribution in [1.29, 1.82) is 0 Å². The fourth-order valence-electron chi connectivity index (χ4n) is 3.17. The maximum atomic E-state index is 12.5. The Kier molecular flexibility index (Phi) is 5.06. The van der Waals surface area contributed by atoms with Crippen LogP contribution in [-0.4, -0.2) is 41.0 Å². The lowest BCUT2D eigenvalue weighted by atomic mass is 10.00. The van der Waals surface area contributed by atoms with Gasteiger partial charge in [-0.1, -0.05) is 6.07 Å². The predicted octanol–water partition coefficient (Wildman–Crippen LogP) is 0.989. The molecule has 0 saturated carbocycles. The molecule has 3 heterocycles. The van der Waals surface area contributed by atoms with Crippen LogP contribution in [0.2, 0.25) is 0 Å². The molecular weight excluding hydrogens is 342 g/mol. The van der Waals surface area contributed by atoms with Gasteiger partial charge in [0.1, 0.15) is 11.5 Å². The fourth-order valence-corrected chi connectivity index (χ4v) is 3.17. The van der Waals surface area contributed by atoms with Gasteiger partial charge in [0, 0.05) is 50.0 Å². The second kappa shape index (κ2) is 7.25. The van der Waals surface area contributed by atoms with E-state index in [4.69, 9.17) is 0 Å². The zero-order chi connectivity index (χ0) is 16.5. The Bertz CT molecular complexity index is 794. The summed E-state index contributed by atoms with van der Waals surface area (Å²) in [5.74, 6) is 0.586. The SMILES string of the molecule is Cl.O=C(Nc1ccc2c(c1)C(=O)NCC2)c1cn2c(n1)CCNCC2. The largest absolute Gasteiger partial charge is 0.352 e. The van der Waals surface area contributed by atoms with E-state index in [1.54, 1.807) is 12.3 Å². The minimum atomic E-state index is -0.250. The Labute approximate surface area is 151 Å². The van der Waals surface area contributed by atoms with Crippen LogP contribution >= 0.6 is 12.4 Å². The normalized spacial score (nSPS) is 15.9. The van der Waals surface area contributed by atoms with Crippen LogP contribution in [0.5, 0.6) is 0 Å². The number of rotatable bonds is 2. The number of anilines is 1. The van der Waals surface area contributed by atoms with E-state index in [0.29, 0.717) is 23.5 Å². The molecule has 0 unspecified atom stereocenters. The summed E-state index contributed by atoms with van der Waals surface area (Å²) in [6, 6.07) is 5.46. The molecule has 0 atom stereocenters. The Morgan fingerprint density at radius 3 is 2.96 bits per heavy atom. The minimum Gasteiger partial charge on any atom is -0.352 e. The van der Waals surface area contributed by atoms with Crippen LogP contribution in [0.15, 0.2) is 24.4 Å². The van der Waals surface area contributed by atoms with Crippen molar-refractivity contribution in [3.63, 3.8) is 0 Å². The molecule has 0 bridgehead atoms. The van der Waals surface area contributed by atoms with Crippen molar-refractivity contribution in [1.82, 2.24) is 20.2 Å². The van der Waals surface area contributed by atoms with E-state index in [0.717, 1.165) is 43.9 Å². The number of nitrogens with zero attached hydrogens (tertiary/aromatic N) is 2. The van der Waals surface area contributed by atoms with E-state index in [9.17, 15) is 9.59 Å². The number of benzene rings is 1. The summed E-state index contributed by atoms with van der Waals surface area (Å²) in [5, 5.41) is 8.96. The number of hydrogen-bond donors (Lipinski definition) is 3. The van der Waals surface area contributed by atoms with Gasteiger partial charge in [0.15, 0.2) is 0 Å². The second-order valence-electron chi connectivity index (χ2n) is 6.07. The highest BCUT2D eigenvalue weighted by atomic mass is 35.5. The molecule has 0 radical (unpaired) electrons. The van der Waals surface area contributed by atoms with E-state index < -0.39 is 0 Å². The zero-order valence-corrected chi connectivity index (χ0v) is 14.5. The average Bonchev–Trinajstić information content (AvgIpc) is 2.87. The van der Waals surface area contributed by atoms with Crippen LogP contribution in [0.1, 0.15) is 32.2 Å². The number of imidazole rings is 1. The first-order chi connectivity index (χ1) is 11.7. The quantitative estimate of drug-likeness (QED) is 0.744. The molecule has 0 saturated heterocycles.